The molecule has 3 rings (SSSR count). The first-order chi connectivity index (χ1) is 14.9. The predicted molar refractivity (Wildman–Crippen MR) is 126 cm³/mol. The van der Waals surface area contributed by atoms with Gasteiger partial charge < -0.3 is 9.69 Å². The minimum atomic E-state index is -0.0553. The van der Waals surface area contributed by atoms with E-state index in [1.807, 2.05) is 66.7 Å². The van der Waals surface area contributed by atoms with Crippen LogP contribution in [-0.4, -0.2) is 18.7 Å². The van der Waals surface area contributed by atoms with Crippen molar-refractivity contribution in [2.75, 3.05) is 11.9 Å². The molecule has 3 heteroatoms. The van der Waals surface area contributed by atoms with Crippen LogP contribution in [0, 0.1) is 17.8 Å². The molecule has 0 radical (unpaired) electrons. The molecule has 0 aromatic heterocycles. The summed E-state index contributed by atoms with van der Waals surface area (Å²) in [4.78, 5) is 25.5. The number of Topliss-reactive ketones (excluding diaryl/α,β-unsaturated/α-hetero) is 1. The second-order valence-electron chi connectivity index (χ2n) is 7.94. The third-order valence-electron chi connectivity index (χ3n) is 5.11. The molecule has 0 aliphatic carbocycles. The Morgan fingerprint density at radius 2 is 1.39 bits per heavy atom. The summed E-state index contributed by atoms with van der Waals surface area (Å²) in [5.41, 5.74) is 4.49. The van der Waals surface area contributed by atoms with Gasteiger partial charge in [-0.3, -0.25) is 4.79 Å². The van der Waals surface area contributed by atoms with Gasteiger partial charge in [-0.1, -0.05) is 49.1 Å². The fourth-order valence-electron chi connectivity index (χ4n) is 3.49. The Morgan fingerprint density at radius 3 is 1.94 bits per heavy atom. The van der Waals surface area contributed by atoms with Crippen LogP contribution in [0.3, 0.4) is 0 Å². The van der Waals surface area contributed by atoms with Crippen LogP contribution in [0.2, 0.25) is 0 Å². The lowest BCUT2D eigenvalue weighted by Crippen LogP contribution is -2.26. The Morgan fingerprint density at radius 1 is 0.839 bits per heavy atom. The van der Waals surface area contributed by atoms with E-state index >= 15 is 0 Å². The smallest absolute Gasteiger partial charge is 0.258 e. The number of hydrogen-bond donors (Lipinski definition) is 0. The Labute approximate surface area is 184 Å². The van der Waals surface area contributed by atoms with Crippen molar-refractivity contribution in [1.29, 1.82) is 0 Å². The first-order valence-electron chi connectivity index (χ1n) is 10.5. The summed E-state index contributed by atoms with van der Waals surface area (Å²) >= 11 is 0. The summed E-state index contributed by atoms with van der Waals surface area (Å²) in [7, 11) is 1.77. The third kappa shape index (κ3) is 6.42. The maximum atomic E-state index is 12.7. The van der Waals surface area contributed by atoms with Gasteiger partial charge in [0.2, 0.25) is 0 Å². The number of anilines is 1. The highest BCUT2D eigenvalue weighted by atomic mass is 16.2. The quantitative estimate of drug-likeness (QED) is 0.503. The molecule has 0 bridgehead atoms. The van der Waals surface area contributed by atoms with E-state index in [0.29, 0.717) is 17.9 Å². The third-order valence-corrected chi connectivity index (χ3v) is 5.11. The lowest BCUT2D eigenvalue weighted by atomic mass is 9.96. The van der Waals surface area contributed by atoms with Crippen LogP contribution in [0.1, 0.15) is 47.3 Å². The number of rotatable bonds is 6. The predicted octanol–water partition coefficient (Wildman–Crippen LogP) is 5.52. The molecule has 31 heavy (non-hydrogen) atoms. The lowest BCUT2D eigenvalue weighted by Gasteiger charge is -2.17. The van der Waals surface area contributed by atoms with Gasteiger partial charge in [0.05, 0.1) is 0 Å². The molecule has 0 spiro atoms. The van der Waals surface area contributed by atoms with E-state index in [2.05, 4.69) is 30.9 Å². The minimum Gasteiger partial charge on any atom is -0.311 e. The van der Waals surface area contributed by atoms with Gasteiger partial charge in [0.1, 0.15) is 5.78 Å². The summed E-state index contributed by atoms with van der Waals surface area (Å²) in [5, 5.41) is 0. The maximum Gasteiger partial charge on any atom is 0.258 e. The van der Waals surface area contributed by atoms with Crippen molar-refractivity contribution in [2.24, 2.45) is 5.92 Å². The van der Waals surface area contributed by atoms with E-state index in [0.717, 1.165) is 23.2 Å². The van der Waals surface area contributed by atoms with Crippen LogP contribution in [0.25, 0.3) is 0 Å². The molecule has 1 amide bonds. The van der Waals surface area contributed by atoms with Crippen molar-refractivity contribution in [1.82, 2.24) is 0 Å². The number of carbonyl (C=O) groups is 2. The van der Waals surface area contributed by atoms with Gasteiger partial charge in [-0.2, -0.15) is 0 Å². The fraction of sp³-hybridized carbons (Fsp3) is 0.214. The molecule has 0 fully saturated rings. The zero-order valence-corrected chi connectivity index (χ0v) is 18.3. The summed E-state index contributed by atoms with van der Waals surface area (Å²) < 4.78 is 0. The molecule has 156 valence electrons. The molecule has 1 unspecified atom stereocenters. The number of carbonyl (C=O) groups excluding carboxylic acids is 2. The van der Waals surface area contributed by atoms with Crippen molar-refractivity contribution in [3.63, 3.8) is 0 Å². The first-order valence-corrected chi connectivity index (χ1v) is 10.5. The largest absolute Gasteiger partial charge is 0.311 e. The van der Waals surface area contributed by atoms with E-state index in [-0.39, 0.29) is 11.7 Å². The number of amides is 1. The molecule has 1 atom stereocenters. The Kier molecular flexibility index (Phi) is 7.40. The zero-order valence-electron chi connectivity index (χ0n) is 18.3. The van der Waals surface area contributed by atoms with Gasteiger partial charge in [0.15, 0.2) is 0 Å². The zero-order chi connectivity index (χ0) is 22.2. The molecular formula is C28H27NO2. The molecule has 0 N–H and O–H groups in total. The summed E-state index contributed by atoms with van der Waals surface area (Å²) in [6, 6.07) is 25.1. The fourth-order valence-corrected chi connectivity index (χ4v) is 3.49. The van der Waals surface area contributed by atoms with Crippen molar-refractivity contribution in [2.45, 2.75) is 26.7 Å². The normalized spacial score (nSPS) is 11.2. The number of nitrogens with zero attached hydrogens (tertiary/aromatic N) is 1. The Bertz CT molecular complexity index is 1090. The van der Waals surface area contributed by atoms with Crippen molar-refractivity contribution >= 4 is 17.4 Å². The second-order valence-corrected chi connectivity index (χ2v) is 7.94. The summed E-state index contributed by atoms with van der Waals surface area (Å²) in [6.07, 6.45) is 1.50. The number of hydrogen-bond acceptors (Lipinski definition) is 2. The monoisotopic (exact) mass is 409 g/mol. The van der Waals surface area contributed by atoms with Crippen LogP contribution >= 0.6 is 0 Å². The van der Waals surface area contributed by atoms with Crippen molar-refractivity contribution in [3.05, 3.63) is 101 Å². The van der Waals surface area contributed by atoms with E-state index in [1.54, 1.807) is 18.9 Å². The number of benzene rings is 3. The van der Waals surface area contributed by atoms with Crippen LogP contribution in [0.15, 0.2) is 78.9 Å². The highest BCUT2D eigenvalue weighted by Gasteiger charge is 2.12. The number of ketones is 1. The van der Waals surface area contributed by atoms with Crippen LogP contribution in [0.5, 0.6) is 0 Å². The van der Waals surface area contributed by atoms with Gasteiger partial charge in [0.25, 0.3) is 5.91 Å². The standard InChI is InChI=1S/C28H27NO2/c1-21(19-22(2)30)20-25-13-11-23(12-14-25)9-10-24-15-17-26(18-16-24)28(31)29(3)27-7-5-4-6-8-27/h4-8,11-18,21H,19-20H2,1-3H3. The minimum absolute atomic E-state index is 0.0553. The van der Waals surface area contributed by atoms with Crippen LogP contribution in [-0.2, 0) is 11.2 Å². The molecule has 0 saturated heterocycles. The molecule has 3 nitrogen and oxygen atoms in total. The van der Waals surface area contributed by atoms with Gasteiger partial charge in [0, 0.05) is 35.8 Å². The highest BCUT2D eigenvalue weighted by Crippen LogP contribution is 2.16. The number of para-hydroxylation sites is 1. The molecule has 0 aliphatic heterocycles. The molecule has 0 saturated carbocycles. The topological polar surface area (TPSA) is 37.4 Å². The molecule has 3 aromatic carbocycles. The Balaban J connectivity index is 1.63. The van der Waals surface area contributed by atoms with E-state index in [1.165, 1.54) is 5.56 Å². The lowest BCUT2D eigenvalue weighted by molar-refractivity contribution is -0.117. The van der Waals surface area contributed by atoms with Crippen molar-refractivity contribution in [3.8, 4) is 11.8 Å². The molecule has 3 aromatic rings. The molecule has 0 aliphatic rings. The SMILES string of the molecule is CC(=O)CC(C)Cc1ccc(C#Cc2ccc(C(=O)N(C)c3ccccc3)cc2)cc1. The van der Waals surface area contributed by atoms with Gasteiger partial charge in [-0.05, 0) is 73.4 Å². The average Bonchev–Trinajstić information content (AvgIpc) is 2.78. The second kappa shape index (κ2) is 10.4. The van der Waals surface area contributed by atoms with Gasteiger partial charge >= 0.3 is 0 Å². The summed E-state index contributed by atoms with van der Waals surface area (Å²) in [6.45, 7) is 3.74. The molecule has 0 heterocycles. The van der Waals surface area contributed by atoms with E-state index < -0.39 is 0 Å². The van der Waals surface area contributed by atoms with Gasteiger partial charge in [-0.15, -0.1) is 0 Å². The van der Waals surface area contributed by atoms with E-state index in [9.17, 15) is 9.59 Å². The molecular weight excluding hydrogens is 382 g/mol. The Hall–Kier alpha value is -3.64. The van der Waals surface area contributed by atoms with Crippen LogP contribution in [0.4, 0.5) is 5.69 Å². The highest BCUT2D eigenvalue weighted by molar-refractivity contribution is 6.05. The van der Waals surface area contributed by atoms with Gasteiger partial charge in [-0.25, -0.2) is 0 Å². The first kappa shape index (κ1) is 22.1. The average molecular weight is 410 g/mol. The summed E-state index contributed by atoms with van der Waals surface area (Å²) in [5.74, 6) is 6.85. The van der Waals surface area contributed by atoms with E-state index in [4.69, 9.17) is 0 Å². The maximum absolute atomic E-state index is 12.7. The van der Waals surface area contributed by atoms with Crippen LogP contribution < -0.4 is 4.90 Å². The van der Waals surface area contributed by atoms with Crippen molar-refractivity contribution < 1.29 is 9.59 Å².